The molecule has 41 heavy (non-hydrogen) atoms. The fraction of sp³-hybridized carbons (Fsp3) is 0.970. The average molecular weight is 643 g/mol. The molecule has 5 fully saturated rings. The largest absolute Gasteiger partial charge is 0.378 e. The van der Waals surface area contributed by atoms with E-state index < -0.39 is 11.8 Å². The van der Waals surface area contributed by atoms with Crippen LogP contribution in [-0.2, 0) is 23.7 Å². The molecule has 2 heterocycles. The van der Waals surface area contributed by atoms with E-state index in [0.29, 0.717) is 60.3 Å². The summed E-state index contributed by atoms with van der Waals surface area (Å²) in [5, 5.41) is 13.8. The van der Waals surface area contributed by atoms with Crippen LogP contribution in [0.25, 0.3) is 0 Å². The Morgan fingerprint density at radius 1 is 1.07 bits per heavy atom. The van der Waals surface area contributed by atoms with E-state index in [1.807, 2.05) is 6.92 Å². The van der Waals surface area contributed by atoms with Crippen LogP contribution < -0.4 is 5.32 Å². The Kier molecular flexibility index (Phi) is 10.0. The van der Waals surface area contributed by atoms with Crippen LogP contribution >= 0.6 is 15.9 Å². The van der Waals surface area contributed by atoms with E-state index in [4.69, 9.17) is 18.9 Å². The first-order chi connectivity index (χ1) is 19.5. The number of nitrogens with one attached hydrogen (secondary N) is 1. The highest BCUT2D eigenvalue weighted by molar-refractivity contribution is 9.09. The number of halogens is 1. The van der Waals surface area contributed by atoms with Crippen molar-refractivity contribution in [2.45, 2.75) is 130 Å². The summed E-state index contributed by atoms with van der Waals surface area (Å²) in [6.07, 6.45) is 5.67. The maximum atomic E-state index is 13.3. The molecule has 3 saturated carbocycles. The average Bonchev–Trinajstić information content (AvgIpc) is 3.84. The molecule has 15 atom stereocenters. The highest BCUT2D eigenvalue weighted by Gasteiger charge is 2.83. The predicted octanol–water partition coefficient (Wildman–Crippen LogP) is 5.91. The van der Waals surface area contributed by atoms with Gasteiger partial charge in [0.2, 0.25) is 0 Å². The zero-order valence-electron chi connectivity index (χ0n) is 26.4. The third-order valence-electron chi connectivity index (χ3n) is 12.1. The minimum Gasteiger partial charge on any atom is -0.378 e. The summed E-state index contributed by atoms with van der Waals surface area (Å²) in [5.41, 5.74) is -0.799. The van der Waals surface area contributed by atoms with E-state index in [2.05, 4.69) is 62.8 Å². The summed E-state index contributed by atoms with van der Waals surface area (Å²) in [4.78, 5) is 13.3. The highest BCUT2D eigenvalue weighted by Crippen LogP contribution is 2.76. The smallest absolute Gasteiger partial charge is 0.161 e. The van der Waals surface area contributed by atoms with Gasteiger partial charge in [0, 0.05) is 36.0 Å². The summed E-state index contributed by atoms with van der Waals surface area (Å²) in [6, 6.07) is 0. The van der Waals surface area contributed by atoms with Gasteiger partial charge in [0.1, 0.15) is 12.0 Å². The van der Waals surface area contributed by atoms with E-state index in [9.17, 15) is 9.90 Å². The van der Waals surface area contributed by atoms with Gasteiger partial charge in [0.05, 0.1) is 29.8 Å². The molecule has 15 unspecified atom stereocenters. The summed E-state index contributed by atoms with van der Waals surface area (Å²) >= 11 is 3.35. The Balaban J connectivity index is 1.33. The normalized spacial score (nSPS) is 50.2. The van der Waals surface area contributed by atoms with Crippen molar-refractivity contribution in [1.29, 1.82) is 0 Å². The van der Waals surface area contributed by atoms with E-state index in [-0.39, 0.29) is 48.0 Å². The Hall–Kier alpha value is -0.0900. The maximum absolute atomic E-state index is 13.3. The van der Waals surface area contributed by atoms with Crippen LogP contribution in [0.2, 0.25) is 0 Å². The van der Waals surface area contributed by atoms with Crippen LogP contribution in [0.5, 0.6) is 0 Å². The van der Waals surface area contributed by atoms with Gasteiger partial charge in [-0.15, -0.1) is 0 Å². The molecule has 0 bridgehead atoms. The Morgan fingerprint density at radius 3 is 2.51 bits per heavy atom. The lowest BCUT2D eigenvalue weighted by Gasteiger charge is -2.45. The quantitative estimate of drug-likeness (QED) is 0.214. The molecule has 0 spiro atoms. The van der Waals surface area contributed by atoms with Crippen molar-refractivity contribution in [3.8, 4) is 0 Å². The maximum Gasteiger partial charge on any atom is 0.161 e. The zero-order valence-corrected chi connectivity index (χ0v) is 28.0. The summed E-state index contributed by atoms with van der Waals surface area (Å²) in [5.74, 6) is 3.23. The van der Waals surface area contributed by atoms with Crippen molar-refractivity contribution < 1.29 is 28.8 Å². The number of aliphatic hydroxyl groups excluding tert-OH is 1. The van der Waals surface area contributed by atoms with Gasteiger partial charge in [0.15, 0.2) is 12.6 Å². The number of ketones is 1. The molecule has 5 aliphatic rings. The molecule has 0 amide bonds. The number of carbonyl (C=O) groups excluding carboxylic acids is 1. The molecule has 0 aromatic carbocycles. The molecule has 5 rings (SSSR count). The van der Waals surface area contributed by atoms with Gasteiger partial charge in [-0.1, -0.05) is 64.4 Å². The molecule has 236 valence electrons. The molecular weight excluding hydrogens is 586 g/mol. The second-order valence-electron chi connectivity index (χ2n) is 14.5. The third-order valence-corrected chi connectivity index (χ3v) is 12.7. The summed E-state index contributed by atoms with van der Waals surface area (Å²) < 4.78 is 27.3. The number of fused-ring (bicyclic) bond motifs is 2. The number of hydrogen-bond donors (Lipinski definition) is 2. The number of carbonyl (C=O) groups is 1. The Labute approximate surface area is 256 Å². The number of Topliss-reactive ketones (excluding diaryl/α,β-unsaturated/α-hetero) is 1. The first-order valence-corrected chi connectivity index (χ1v) is 17.8. The van der Waals surface area contributed by atoms with Crippen LogP contribution in [0.4, 0.5) is 0 Å². The minimum atomic E-state index is -0.570. The van der Waals surface area contributed by atoms with Crippen molar-refractivity contribution in [3.05, 3.63) is 0 Å². The molecule has 2 saturated heterocycles. The first-order valence-electron chi connectivity index (χ1n) is 16.6. The van der Waals surface area contributed by atoms with Gasteiger partial charge in [-0.2, -0.15) is 0 Å². The standard InChI is InChI=1S/C33H56BrNO6/c1-8-26(36)30-25-13-24-14-32(24,41-31-20(5)12-19(4)27(9-2)39-31)22(7)33(25,30)40-29-11-10-18(3)21(6)23(17-38-29)16-35-28(37)15-34/h18-25,27-31,35,37H,8-17H2,1-7H3. The molecule has 0 radical (unpaired) electrons. The van der Waals surface area contributed by atoms with Gasteiger partial charge < -0.3 is 24.1 Å². The van der Waals surface area contributed by atoms with Crippen molar-refractivity contribution in [1.82, 2.24) is 5.32 Å². The van der Waals surface area contributed by atoms with Gasteiger partial charge in [-0.05, 0) is 68.1 Å². The summed E-state index contributed by atoms with van der Waals surface area (Å²) in [6.45, 7) is 16.9. The van der Waals surface area contributed by atoms with Crippen molar-refractivity contribution >= 4 is 21.7 Å². The Morgan fingerprint density at radius 2 is 1.83 bits per heavy atom. The lowest BCUT2D eigenvalue weighted by atomic mass is 9.80. The van der Waals surface area contributed by atoms with Crippen LogP contribution in [0, 0.1) is 53.3 Å². The predicted molar refractivity (Wildman–Crippen MR) is 162 cm³/mol. The third kappa shape index (κ3) is 5.98. The monoisotopic (exact) mass is 641 g/mol. The van der Waals surface area contributed by atoms with Gasteiger partial charge >= 0.3 is 0 Å². The second-order valence-corrected chi connectivity index (χ2v) is 15.1. The highest BCUT2D eigenvalue weighted by atomic mass is 79.9. The van der Waals surface area contributed by atoms with Gasteiger partial charge in [-0.3, -0.25) is 10.1 Å². The van der Waals surface area contributed by atoms with E-state index in [1.165, 1.54) is 0 Å². The molecule has 3 aliphatic carbocycles. The van der Waals surface area contributed by atoms with E-state index in [0.717, 1.165) is 38.5 Å². The fourth-order valence-corrected chi connectivity index (χ4v) is 9.28. The molecule has 0 aromatic heterocycles. The number of ether oxygens (including phenoxy) is 4. The lowest BCUT2D eigenvalue weighted by molar-refractivity contribution is -0.287. The SMILES string of the molecule is CCC(=O)C1C2CC3CC3(OC3OC(CC)C(C)CC3C)C(C)C21OC1CCC(C)C(C)C(CNC(O)CBr)CO1. The lowest BCUT2D eigenvalue weighted by Crippen LogP contribution is -2.50. The van der Waals surface area contributed by atoms with Crippen LogP contribution in [0.3, 0.4) is 0 Å². The molecule has 7 nitrogen and oxygen atoms in total. The van der Waals surface area contributed by atoms with Crippen molar-refractivity contribution in [2.75, 3.05) is 18.5 Å². The number of hydrogen-bond acceptors (Lipinski definition) is 7. The fourth-order valence-electron chi connectivity index (χ4n) is 9.05. The van der Waals surface area contributed by atoms with Crippen LogP contribution in [0.15, 0.2) is 0 Å². The van der Waals surface area contributed by atoms with Crippen LogP contribution in [-0.4, -0.2) is 65.5 Å². The van der Waals surface area contributed by atoms with E-state index in [1.54, 1.807) is 0 Å². The molecule has 0 aromatic rings. The van der Waals surface area contributed by atoms with Crippen molar-refractivity contribution in [3.63, 3.8) is 0 Å². The Bertz CT molecular complexity index is 922. The first kappa shape index (κ1) is 32.3. The number of aliphatic hydroxyl groups is 1. The molecule has 2 aliphatic heterocycles. The van der Waals surface area contributed by atoms with Crippen LogP contribution in [0.1, 0.15) is 93.4 Å². The number of rotatable bonds is 11. The molecule has 8 heteroatoms. The van der Waals surface area contributed by atoms with Gasteiger partial charge in [0.25, 0.3) is 0 Å². The minimum absolute atomic E-state index is 0.0687. The zero-order chi connectivity index (χ0) is 29.7. The van der Waals surface area contributed by atoms with Crippen molar-refractivity contribution in [2.24, 2.45) is 53.3 Å². The second kappa shape index (κ2) is 12.7. The topological polar surface area (TPSA) is 86.3 Å². The van der Waals surface area contributed by atoms with E-state index >= 15 is 0 Å². The molecule has 2 N–H and O–H groups in total. The number of alkyl halides is 1. The van der Waals surface area contributed by atoms with Gasteiger partial charge in [-0.25, -0.2) is 0 Å². The molecular formula is C33H56BrNO6. The summed E-state index contributed by atoms with van der Waals surface area (Å²) in [7, 11) is 0.